The third-order valence-corrected chi connectivity index (χ3v) is 4.23. The van der Waals surface area contributed by atoms with Crippen LogP contribution in [0.4, 0.5) is 4.39 Å². The molecule has 1 atom stereocenters. The number of carbonyl (C=O) groups is 1. The van der Waals surface area contributed by atoms with Gasteiger partial charge in [0.1, 0.15) is 17.3 Å². The monoisotopic (exact) mass is 376 g/mol. The number of hydrogen-bond donors (Lipinski definition) is 1. The topological polar surface area (TPSA) is 51.2 Å². The molecule has 3 rings (SSSR count). The Balaban J connectivity index is 1.62. The fraction of sp³-hybridized carbons (Fsp3) is 0.130. The molecule has 0 aliphatic heterocycles. The van der Waals surface area contributed by atoms with Gasteiger partial charge in [0, 0.05) is 18.5 Å². The third-order valence-electron chi connectivity index (χ3n) is 4.23. The number of pyridine rings is 1. The van der Waals surface area contributed by atoms with Crippen molar-refractivity contribution in [3.8, 4) is 11.5 Å². The van der Waals surface area contributed by atoms with Crippen molar-refractivity contribution in [3.05, 3.63) is 95.6 Å². The maximum atomic E-state index is 13.6. The summed E-state index contributed by atoms with van der Waals surface area (Å²) in [5, 5.41) is 2.90. The van der Waals surface area contributed by atoms with Gasteiger partial charge in [0.2, 0.25) is 5.91 Å². The second-order valence-corrected chi connectivity index (χ2v) is 6.43. The molecule has 28 heavy (non-hydrogen) atoms. The van der Waals surface area contributed by atoms with Gasteiger partial charge in [0.05, 0.1) is 6.04 Å². The molecule has 4 nitrogen and oxygen atoms in total. The summed E-state index contributed by atoms with van der Waals surface area (Å²) >= 11 is 0. The standard InChI is InChI=1S/C23H21FN2O2/c1-16-6-7-18(14-22(16)24)8-9-23(27)26-17(2)19-4-3-5-21(15-19)28-20-10-12-25-13-11-20/h3-15,17H,1-2H3,(H,26,27)/t17-/m0/s1. The quantitative estimate of drug-likeness (QED) is 0.601. The molecule has 5 heteroatoms. The highest BCUT2D eigenvalue weighted by molar-refractivity contribution is 5.92. The SMILES string of the molecule is Cc1ccc(C=CC(=O)N[C@@H](C)c2cccc(Oc3ccncc3)c2)cc1F. The smallest absolute Gasteiger partial charge is 0.244 e. The number of nitrogens with zero attached hydrogens (tertiary/aromatic N) is 1. The van der Waals surface area contributed by atoms with E-state index in [4.69, 9.17) is 4.74 Å². The molecular weight excluding hydrogens is 355 g/mol. The fourth-order valence-corrected chi connectivity index (χ4v) is 2.62. The molecule has 3 aromatic rings. The van der Waals surface area contributed by atoms with E-state index in [2.05, 4.69) is 10.3 Å². The van der Waals surface area contributed by atoms with Crippen LogP contribution in [-0.4, -0.2) is 10.9 Å². The Morgan fingerprint density at radius 2 is 1.89 bits per heavy atom. The summed E-state index contributed by atoms with van der Waals surface area (Å²) in [7, 11) is 0. The van der Waals surface area contributed by atoms with Crippen LogP contribution in [0.25, 0.3) is 6.08 Å². The van der Waals surface area contributed by atoms with Crippen LogP contribution < -0.4 is 10.1 Å². The molecule has 0 bridgehead atoms. The van der Waals surface area contributed by atoms with E-state index in [9.17, 15) is 9.18 Å². The number of ether oxygens (including phenoxy) is 1. The normalized spacial score (nSPS) is 12.0. The van der Waals surface area contributed by atoms with Crippen molar-refractivity contribution < 1.29 is 13.9 Å². The summed E-state index contributed by atoms with van der Waals surface area (Å²) in [6, 6.07) is 15.7. The fourth-order valence-electron chi connectivity index (χ4n) is 2.62. The lowest BCUT2D eigenvalue weighted by molar-refractivity contribution is -0.117. The maximum Gasteiger partial charge on any atom is 0.244 e. The first-order chi connectivity index (χ1) is 13.5. The van der Waals surface area contributed by atoms with E-state index in [1.54, 1.807) is 49.7 Å². The van der Waals surface area contributed by atoms with E-state index in [0.29, 0.717) is 22.6 Å². The van der Waals surface area contributed by atoms with Gasteiger partial charge in [-0.2, -0.15) is 0 Å². The predicted octanol–water partition coefficient (Wildman–Crippen LogP) is 5.21. The highest BCUT2D eigenvalue weighted by atomic mass is 19.1. The zero-order valence-corrected chi connectivity index (χ0v) is 15.7. The number of amides is 1. The molecular formula is C23H21FN2O2. The number of halogens is 1. The van der Waals surface area contributed by atoms with Gasteiger partial charge < -0.3 is 10.1 Å². The first kappa shape index (κ1) is 19.3. The summed E-state index contributed by atoms with van der Waals surface area (Å²) < 4.78 is 19.4. The number of nitrogens with one attached hydrogen (secondary N) is 1. The lowest BCUT2D eigenvalue weighted by Crippen LogP contribution is -2.24. The number of benzene rings is 2. The van der Waals surface area contributed by atoms with Crippen molar-refractivity contribution >= 4 is 12.0 Å². The summed E-state index contributed by atoms with van der Waals surface area (Å²) in [6.45, 7) is 3.59. The molecule has 0 unspecified atom stereocenters. The predicted molar refractivity (Wildman–Crippen MR) is 107 cm³/mol. The van der Waals surface area contributed by atoms with Crippen LogP contribution in [0.1, 0.15) is 29.7 Å². The molecule has 0 fully saturated rings. The van der Waals surface area contributed by atoms with Gasteiger partial charge in [0.15, 0.2) is 0 Å². The Kier molecular flexibility index (Phi) is 6.17. The molecule has 142 valence electrons. The van der Waals surface area contributed by atoms with E-state index in [0.717, 1.165) is 5.56 Å². The summed E-state index contributed by atoms with van der Waals surface area (Å²) in [5.74, 6) is 0.823. The van der Waals surface area contributed by atoms with E-state index in [1.807, 2.05) is 31.2 Å². The van der Waals surface area contributed by atoms with Gasteiger partial charge >= 0.3 is 0 Å². The molecule has 0 saturated heterocycles. The van der Waals surface area contributed by atoms with Crippen molar-refractivity contribution in [2.45, 2.75) is 19.9 Å². The number of aromatic nitrogens is 1. The minimum absolute atomic E-state index is 0.215. The van der Waals surface area contributed by atoms with Crippen LogP contribution in [0, 0.1) is 12.7 Å². The number of hydrogen-bond acceptors (Lipinski definition) is 3. The number of carbonyl (C=O) groups excluding carboxylic acids is 1. The Morgan fingerprint density at radius 3 is 2.64 bits per heavy atom. The molecule has 1 heterocycles. The van der Waals surface area contributed by atoms with Gasteiger partial charge in [-0.3, -0.25) is 9.78 Å². The summed E-state index contributed by atoms with van der Waals surface area (Å²) in [5.41, 5.74) is 2.12. The van der Waals surface area contributed by atoms with Crippen LogP contribution in [0.3, 0.4) is 0 Å². The Hall–Kier alpha value is -3.47. The van der Waals surface area contributed by atoms with Gasteiger partial charge in [-0.1, -0.05) is 24.3 Å². The first-order valence-corrected chi connectivity index (χ1v) is 8.94. The lowest BCUT2D eigenvalue weighted by Gasteiger charge is -2.14. The zero-order chi connectivity index (χ0) is 19.9. The molecule has 0 aliphatic carbocycles. The lowest BCUT2D eigenvalue weighted by atomic mass is 10.1. The molecule has 2 aromatic carbocycles. The van der Waals surface area contributed by atoms with Crippen LogP contribution in [-0.2, 0) is 4.79 Å². The van der Waals surface area contributed by atoms with Gasteiger partial charge in [-0.15, -0.1) is 0 Å². The average Bonchev–Trinajstić information content (AvgIpc) is 2.70. The second-order valence-electron chi connectivity index (χ2n) is 6.43. The van der Waals surface area contributed by atoms with Gasteiger partial charge in [0.25, 0.3) is 0 Å². The Morgan fingerprint density at radius 1 is 1.11 bits per heavy atom. The third kappa shape index (κ3) is 5.27. The van der Waals surface area contributed by atoms with E-state index < -0.39 is 0 Å². The minimum atomic E-state index is -0.290. The van der Waals surface area contributed by atoms with Crippen molar-refractivity contribution in [2.24, 2.45) is 0 Å². The van der Waals surface area contributed by atoms with Crippen molar-refractivity contribution in [1.29, 1.82) is 0 Å². The molecule has 1 aromatic heterocycles. The number of rotatable bonds is 6. The molecule has 0 radical (unpaired) electrons. The Bertz CT molecular complexity index is 987. The van der Waals surface area contributed by atoms with Gasteiger partial charge in [-0.25, -0.2) is 4.39 Å². The zero-order valence-electron chi connectivity index (χ0n) is 15.7. The molecule has 0 aliphatic rings. The minimum Gasteiger partial charge on any atom is -0.457 e. The van der Waals surface area contributed by atoms with Crippen LogP contribution in [0.2, 0.25) is 0 Å². The van der Waals surface area contributed by atoms with Crippen LogP contribution in [0.15, 0.2) is 73.1 Å². The van der Waals surface area contributed by atoms with Crippen LogP contribution in [0.5, 0.6) is 11.5 Å². The highest BCUT2D eigenvalue weighted by Crippen LogP contribution is 2.24. The van der Waals surface area contributed by atoms with E-state index in [1.165, 1.54) is 12.1 Å². The Labute approximate surface area is 163 Å². The number of aryl methyl sites for hydroxylation is 1. The van der Waals surface area contributed by atoms with Crippen LogP contribution >= 0.6 is 0 Å². The molecule has 1 N–H and O–H groups in total. The molecule has 0 spiro atoms. The average molecular weight is 376 g/mol. The molecule has 0 saturated carbocycles. The molecule has 1 amide bonds. The first-order valence-electron chi connectivity index (χ1n) is 8.94. The van der Waals surface area contributed by atoms with Gasteiger partial charge in [-0.05, 0) is 66.9 Å². The summed E-state index contributed by atoms with van der Waals surface area (Å²) in [6.07, 6.45) is 6.31. The largest absolute Gasteiger partial charge is 0.457 e. The highest BCUT2D eigenvalue weighted by Gasteiger charge is 2.09. The van der Waals surface area contributed by atoms with Crippen molar-refractivity contribution in [1.82, 2.24) is 10.3 Å². The van der Waals surface area contributed by atoms with Crippen molar-refractivity contribution in [2.75, 3.05) is 0 Å². The second kappa shape index (κ2) is 8.95. The van der Waals surface area contributed by atoms with Crippen molar-refractivity contribution in [3.63, 3.8) is 0 Å². The van der Waals surface area contributed by atoms with E-state index in [-0.39, 0.29) is 17.8 Å². The van der Waals surface area contributed by atoms with E-state index >= 15 is 0 Å². The maximum absolute atomic E-state index is 13.6. The summed E-state index contributed by atoms with van der Waals surface area (Å²) in [4.78, 5) is 16.2.